The van der Waals surface area contributed by atoms with Crippen molar-refractivity contribution in [2.45, 2.75) is 44.6 Å². The van der Waals surface area contributed by atoms with E-state index in [1.165, 1.54) is 19.3 Å². The van der Waals surface area contributed by atoms with E-state index in [1.54, 1.807) is 0 Å². The second-order valence-corrected chi connectivity index (χ2v) is 5.50. The number of amides is 1. The van der Waals surface area contributed by atoms with Gasteiger partial charge in [0.05, 0.1) is 0 Å². The van der Waals surface area contributed by atoms with Crippen LogP contribution in [0.2, 0.25) is 0 Å². The second kappa shape index (κ2) is 4.92. The van der Waals surface area contributed by atoms with Gasteiger partial charge in [0.2, 0.25) is 5.91 Å². The van der Waals surface area contributed by atoms with E-state index < -0.39 is 0 Å². The lowest BCUT2D eigenvalue weighted by atomic mass is 9.65. The van der Waals surface area contributed by atoms with Crippen LogP contribution in [-0.4, -0.2) is 35.8 Å². The van der Waals surface area contributed by atoms with Gasteiger partial charge in [-0.05, 0) is 31.1 Å². The SMILES string of the molecule is NC1CCCCC12CCN(C(=O)CCl)CC2. The molecule has 0 radical (unpaired) electrons. The van der Waals surface area contributed by atoms with E-state index in [-0.39, 0.29) is 11.8 Å². The zero-order chi connectivity index (χ0) is 11.6. The highest BCUT2D eigenvalue weighted by atomic mass is 35.5. The molecular weight excluding hydrogens is 224 g/mol. The molecule has 3 nitrogen and oxygen atoms in total. The highest BCUT2D eigenvalue weighted by molar-refractivity contribution is 6.27. The first-order valence-corrected chi connectivity index (χ1v) is 6.81. The van der Waals surface area contributed by atoms with Crippen LogP contribution >= 0.6 is 11.6 Å². The van der Waals surface area contributed by atoms with Crippen LogP contribution in [0.1, 0.15) is 38.5 Å². The van der Waals surface area contributed by atoms with Gasteiger partial charge in [-0.25, -0.2) is 0 Å². The Balaban J connectivity index is 1.95. The second-order valence-electron chi connectivity index (χ2n) is 5.23. The minimum absolute atomic E-state index is 0.0703. The first-order valence-electron chi connectivity index (χ1n) is 6.27. The van der Waals surface area contributed by atoms with Crippen LogP contribution in [0.4, 0.5) is 0 Å². The lowest BCUT2D eigenvalue weighted by molar-refractivity contribution is -0.131. The monoisotopic (exact) mass is 244 g/mol. The van der Waals surface area contributed by atoms with Crippen LogP contribution in [-0.2, 0) is 4.79 Å². The van der Waals surface area contributed by atoms with Crippen molar-refractivity contribution in [3.63, 3.8) is 0 Å². The van der Waals surface area contributed by atoms with Gasteiger partial charge in [0.15, 0.2) is 0 Å². The van der Waals surface area contributed by atoms with Gasteiger partial charge < -0.3 is 10.6 Å². The van der Waals surface area contributed by atoms with Gasteiger partial charge in [-0.2, -0.15) is 0 Å². The van der Waals surface area contributed by atoms with Crippen LogP contribution < -0.4 is 5.73 Å². The molecule has 1 aliphatic carbocycles. The largest absolute Gasteiger partial charge is 0.342 e. The molecule has 16 heavy (non-hydrogen) atoms. The maximum atomic E-state index is 11.5. The first-order chi connectivity index (χ1) is 7.68. The predicted molar refractivity (Wildman–Crippen MR) is 65.4 cm³/mol. The number of hydrogen-bond acceptors (Lipinski definition) is 2. The molecular formula is C12H21ClN2O. The molecule has 1 saturated carbocycles. The van der Waals surface area contributed by atoms with E-state index in [2.05, 4.69) is 0 Å². The van der Waals surface area contributed by atoms with Crippen molar-refractivity contribution in [3.05, 3.63) is 0 Å². The van der Waals surface area contributed by atoms with Gasteiger partial charge in [-0.15, -0.1) is 11.6 Å². The van der Waals surface area contributed by atoms with E-state index in [1.807, 2.05) is 4.90 Å². The molecule has 92 valence electrons. The summed E-state index contributed by atoms with van der Waals surface area (Å²) in [6.07, 6.45) is 7.11. The molecule has 4 heteroatoms. The van der Waals surface area contributed by atoms with E-state index in [0.717, 1.165) is 32.4 Å². The Morgan fingerprint density at radius 2 is 2.00 bits per heavy atom. The topological polar surface area (TPSA) is 46.3 Å². The molecule has 1 atom stereocenters. The van der Waals surface area contributed by atoms with Gasteiger partial charge in [0, 0.05) is 19.1 Å². The van der Waals surface area contributed by atoms with Crippen molar-refractivity contribution in [2.75, 3.05) is 19.0 Å². The summed E-state index contributed by atoms with van der Waals surface area (Å²) in [6, 6.07) is 0.342. The summed E-state index contributed by atoms with van der Waals surface area (Å²) in [6.45, 7) is 1.69. The third kappa shape index (κ3) is 2.21. The minimum Gasteiger partial charge on any atom is -0.342 e. The molecule has 1 heterocycles. The number of carbonyl (C=O) groups is 1. The summed E-state index contributed by atoms with van der Waals surface area (Å²) in [5, 5.41) is 0. The number of hydrogen-bond donors (Lipinski definition) is 1. The molecule has 2 aliphatic rings. The number of carbonyl (C=O) groups excluding carboxylic acids is 1. The number of nitrogens with two attached hydrogens (primary N) is 1. The Morgan fingerprint density at radius 1 is 1.31 bits per heavy atom. The average Bonchev–Trinajstić information content (AvgIpc) is 2.33. The molecule has 1 amide bonds. The van der Waals surface area contributed by atoms with Gasteiger partial charge in [-0.3, -0.25) is 4.79 Å². The zero-order valence-corrected chi connectivity index (χ0v) is 10.5. The standard InChI is InChI=1S/C12H21ClN2O/c13-9-11(16)15-7-5-12(6-8-15)4-2-1-3-10(12)14/h10H,1-9,14H2. The van der Waals surface area contributed by atoms with Gasteiger partial charge >= 0.3 is 0 Å². The normalized spacial score (nSPS) is 29.4. The summed E-state index contributed by atoms with van der Waals surface area (Å²) in [5.41, 5.74) is 6.59. The molecule has 2 fully saturated rings. The molecule has 0 bridgehead atoms. The van der Waals surface area contributed by atoms with E-state index in [0.29, 0.717) is 11.5 Å². The van der Waals surface area contributed by atoms with Crippen molar-refractivity contribution in [3.8, 4) is 0 Å². The fourth-order valence-electron chi connectivity index (χ4n) is 3.24. The zero-order valence-electron chi connectivity index (χ0n) is 9.75. The molecule has 2 N–H and O–H groups in total. The van der Waals surface area contributed by atoms with E-state index in [4.69, 9.17) is 17.3 Å². The molecule has 2 rings (SSSR count). The molecule has 1 aliphatic heterocycles. The van der Waals surface area contributed by atoms with Crippen molar-refractivity contribution in [1.29, 1.82) is 0 Å². The van der Waals surface area contributed by atoms with Gasteiger partial charge in [0.1, 0.15) is 5.88 Å². The third-order valence-corrected chi connectivity index (χ3v) is 4.68. The maximum absolute atomic E-state index is 11.5. The van der Waals surface area contributed by atoms with E-state index in [9.17, 15) is 4.79 Å². The van der Waals surface area contributed by atoms with Gasteiger partial charge in [0.25, 0.3) is 0 Å². The first kappa shape index (κ1) is 12.2. The van der Waals surface area contributed by atoms with Crippen LogP contribution in [0.25, 0.3) is 0 Å². The van der Waals surface area contributed by atoms with E-state index >= 15 is 0 Å². The summed E-state index contributed by atoms with van der Waals surface area (Å²) in [5.74, 6) is 0.180. The number of rotatable bonds is 1. The molecule has 0 aromatic heterocycles. The van der Waals surface area contributed by atoms with Crippen LogP contribution in [0.15, 0.2) is 0 Å². The summed E-state index contributed by atoms with van der Waals surface area (Å²) in [4.78, 5) is 13.4. The fourth-order valence-corrected chi connectivity index (χ4v) is 3.41. The fraction of sp³-hybridized carbons (Fsp3) is 0.917. The average molecular weight is 245 g/mol. The Kier molecular flexibility index (Phi) is 3.75. The quantitative estimate of drug-likeness (QED) is 0.715. The summed E-state index contributed by atoms with van der Waals surface area (Å²) >= 11 is 5.58. The number of alkyl halides is 1. The molecule has 1 spiro atoms. The maximum Gasteiger partial charge on any atom is 0.237 e. The number of piperidine rings is 1. The van der Waals surface area contributed by atoms with Crippen molar-refractivity contribution in [2.24, 2.45) is 11.1 Å². The lowest BCUT2D eigenvalue weighted by Crippen LogP contribution is -2.52. The predicted octanol–water partition coefficient (Wildman–Crippen LogP) is 1.74. The lowest BCUT2D eigenvalue weighted by Gasteiger charge is -2.48. The van der Waals surface area contributed by atoms with Gasteiger partial charge in [-0.1, -0.05) is 12.8 Å². The number of nitrogens with zero attached hydrogens (tertiary/aromatic N) is 1. The molecule has 1 saturated heterocycles. The Hall–Kier alpha value is -0.280. The number of likely N-dealkylation sites (tertiary alicyclic amines) is 1. The Labute approximate surface area is 102 Å². The van der Waals surface area contributed by atoms with Crippen molar-refractivity contribution < 1.29 is 4.79 Å². The highest BCUT2D eigenvalue weighted by Crippen LogP contribution is 2.43. The molecule has 0 aromatic rings. The third-order valence-electron chi connectivity index (χ3n) is 4.45. The van der Waals surface area contributed by atoms with Crippen molar-refractivity contribution in [1.82, 2.24) is 4.90 Å². The summed E-state index contributed by atoms with van der Waals surface area (Å²) < 4.78 is 0. The van der Waals surface area contributed by atoms with Crippen LogP contribution in [0.5, 0.6) is 0 Å². The minimum atomic E-state index is 0.0703. The Bertz CT molecular complexity index is 262. The molecule has 1 unspecified atom stereocenters. The Morgan fingerprint density at radius 3 is 2.56 bits per heavy atom. The molecule has 0 aromatic carbocycles. The van der Waals surface area contributed by atoms with Crippen LogP contribution in [0, 0.1) is 5.41 Å². The smallest absolute Gasteiger partial charge is 0.237 e. The highest BCUT2D eigenvalue weighted by Gasteiger charge is 2.41. The van der Waals surface area contributed by atoms with Crippen LogP contribution in [0.3, 0.4) is 0 Å². The number of halogens is 1. The van der Waals surface area contributed by atoms with Crippen molar-refractivity contribution >= 4 is 17.5 Å². The summed E-state index contributed by atoms with van der Waals surface area (Å²) in [7, 11) is 0.